The minimum atomic E-state index is 0.0415. The Hall–Kier alpha value is -0.510. The Labute approximate surface area is 103 Å². The molecule has 1 aromatic carbocycles. The average Bonchev–Trinajstić information content (AvgIpc) is 2.28. The molecule has 0 aromatic heterocycles. The van der Waals surface area contributed by atoms with Gasteiger partial charge in [-0.1, -0.05) is 25.1 Å². The normalized spacial score (nSPS) is 12.8. The van der Waals surface area contributed by atoms with Crippen LogP contribution in [0, 0.1) is 13.8 Å². The number of benzene rings is 1. The van der Waals surface area contributed by atoms with Gasteiger partial charge in [0, 0.05) is 6.54 Å². The van der Waals surface area contributed by atoms with Crippen LogP contribution in [0.5, 0.6) is 0 Å². The number of thioether (sulfide) groups is 1. The van der Waals surface area contributed by atoms with Crippen molar-refractivity contribution in [1.82, 2.24) is 5.32 Å². The summed E-state index contributed by atoms with van der Waals surface area (Å²) in [5.41, 5.74) is 10.0. The highest BCUT2D eigenvalue weighted by Crippen LogP contribution is 2.13. The Morgan fingerprint density at radius 2 is 2.12 bits per heavy atom. The van der Waals surface area contributed by atoms with Crippen LogP contribution in [0.15, 0.2) is 18.2 Å². The number of nitrogens with two attached hydrogens (primary N) is 1. The van der Waals surface area contributed by atoms with Crippen molar-refractivity contribution in [2.45, 2.75) is 39.2 Å². The van der Waals surface area contributed by atoms with Crippen LogP contribution in [0.1, 0.15) is 30.0 Å². The monoisotopic (exact) mass is 238 g/mol. The maximum absolute atomic E-state index is 5.95. The van der Waals surface area contributed by atoms with E-state index in [1.807, 2.05) is 0 Å². The van der Waals surface area contributed by atoms with Gasteiger partial charge in [0.1, 0.15) is 5.50 Å². The molecule has 0 radical (unpaired) electrons. The SMILES string of the molecule is CCCSC(N)NCc1cccc(C)c1C. The van der Waals surface area contributed by atoms with E-state index >= 15 is 0 Å². The van der Waals surface area contributed by atoms with Crippen molar-refractivity contribution in [2.75, 3.05) is 5.75 Å². The third-order valence-electron chi connectivity index (χ3n) is 2.71. The molecule has 0 fully saturated rings. The molecule has 0 heterocycles. The van der Waals surface area contributed by atoms with Gasteiger partial charge in [0.05, 0.1) is 0 Å². The summed E-state index contributed by atoms with van der Waals surface area (Å²) in [6, 6.07) is 6.40. The van der Waals surface area contributed by atoms with Gasteiger partial charge in [-0.2, -0.15) is 0 Å². The largest absolute Gasteiger partial charge is 0.307 e. The average molecular weight is 238 g/mol. The number of rotatable bonds is 6. The van der Waals surface area contributed by atoms with E-state index in [1.165, 1.54) is 23.1 Å². The van der Waals surface area contributed by atoms with Gasteiger partial charge in [0.2, 0.25) is 0 Å². The molecule has 1 rings (SSSR count). The highest BCUT2D eigenvalue weighted by molar-refractivity contribution is 7.99. The minimum absolute atomic E-state index is 0.0415. The van der Waals surface area contributed by atoms with Gasteiger partial charge in [0.15, 0.2) is 0 Å². The van der Waals surface area contributed by atoms with Gasteiger partial charge in [-0.15, -0.1) is 11.8 Å². The van der Waals surface area contributed by atoms with Crippen molar-refractivity contribution >= 4 is 11.8 Å². The summed E-state index contributed by atoms with van der Waals surface area (Å²) in [6.45, 7) is 7.33. The van der Waals surface area contributed by atoms with E-state index < -0.39 is 0 Å². The molecule has 1 aromatic rings. The fourth-order valence-corrected chi connectivity index (χ4v) is 2.21. The molecule has 0 aliphatic rings. The molecule has 90 valence electrons. The van der Waals surface area contributed by atoms with Crippen LogP contribution in [0.25, 0.3) is 0 Å². The van der Waals surface area contributed by atoms with Crippen LogP contribution < -0.4 is 11.1 Å². The first-order chi connectivity index (χ1) is 7.65. The first-order valence-corrected chi connectivity index (χ1v) is 6.85. The quantitative estimate of drug-likeness (QED) is 0.748. The third kappa shape index (κ3) is 4.16. The fourth-order valence-electron chi connectivity index (χ4n) is 1.52. The molecule has 0 saturated heterocycles. The summed E-state index contributed by atoms with van der Waals surface area (Å²) in [4.78, 5) is 0. The lowest BCUT2D eigenvalue weighted by molar-refractivity contribution is 0.664. The highest BCUT2D eigenvalue weighted by atomic mass is 32.2. The van der Waals surface area contributed by atoms with Gasteiger partial charge in [-0.05, 0) is 42.7 Å². The van der Waals surface area contributed by atoms with Crippen molar-refractivity contribution in [3.05, 3.63) is 34.9 Å². The Bertz CT molecular complexity index is 326. The first kappa shape index (κ1) is 13.6. The fraction of sp³-hybridized carbons (Fsp3) is 0.538. The van der Waals surface area contributed by atoms with E-state index in [-0.39, 0.29) is 5.50 Å². The molecule has 3 N–H and O–H groups in total. The van der Waals surface area contributed by atoms with Crippen LogP contribution >= 0.6 is 11.8 Å². The summed E-state index contributed by atoms with van der Waals surface area (Å²) >= 11 is 1.77. The van der Waals surface area contributed by atoms with Crippen LogP contribution in [0.4, 0.5) is 0 Å². The Balaban J connectivity index is 2.45. The standard InChI is InChI=1S/C13H22N2S/c1-4-8-16-13(14)15-9-12-7-5-6-10(2)11(12)3/h5-7,13,15H,4,8-9,14H2,1-3H3. The third-order valence-corrected chi connectivity index (χ3v) is 3.88. The van der Waals surface area contributed by atoms with Crippen molar-refractivity contribution in [3.63, 3.8) is 0 Å². The molecule has 0 amide bonds. The zero-order valence-corrected chi connectivity index (χ0v) is 11.2. The van der Waals surface area contributed by atoms with Gasteiger partial charge in [-0.3, -0.25) is 5.32 Å². The molecule has 0 aliphatic heterocycles. The number of hydrogen-bond donors (Lipinski definition) is 2. The van der Waals surface area contributed by atoms with E-state index in [4.69, 9.17) is 5.73 Å². The molecular formula is C13H22N2S. The van der Waals surface area contributed by atoms with E-state index in [0.29, 0.717) is 0 Å². The zero-order chi connectivity index (χ0) is 12.0. The highest BCUT2D eigenvalue weighted by Gasteiger charge is 2.04. The van der Waals surface area contributed by atoms with Crippen LogP contribution in [0.3, 0.4) is 0 Å². The van der Waals surface area contributed by atoms with Crippen molar-refractivity contribution in [3.8, 4) is 0 Å². The molecule has 0 spiro atoms. The van der Waals surface area contributed by atoms with Crippen molar-refractivity contribution in [1.29, 1.82) is 0 Å². The maximum Gasteiger partial charge on any atom is 0.103 e. The van der Waals surface area contributed by atoms with E-state index in [2.05, 4.69) is 44.3 Å². The molecular weight excluding hydrogens is 216 g/mol. The van der Waals surface area contributed by atoms with Crippen LogP contribution in [0.2, 0.25) is 0 Å². The molecule has 1 atom stereocenters. The summed E-state index contributed by atoms with van der Waals surface area (Å²) in [7, 11) is 0. The molecule has 1 unspecified atom stereocenters. The van der Waals surface area contributed by atoms with E-state index in [9.17, 15) is 0 Å². The van der Waals surface area contributed by atoms with E-state index in [1.54, 1.807) is 11.8 Å². The van der Waals surface area contributed by atoms with Crippen LogP contribution in [-0.2, 0) is 6.54 Å². The molecule has 0 bridgehead atoms. The Morgan fingerprint density at radius 3 is 2.81 bits per heavy atom. The smallest absolute Gasteiger partial charge is 0.103 e. The molecule has 0 saturated carbocycles. The number of hydrogen-bond acceptors (Lipinski definition) is 3. The van der Waals surface area contributed by atoms with Crippen molar-refractivity contribution < 1.29 is 0 Å². The van der Waals surface area contributed by atoms with Gasteiger partial charge < -0.3 is 5.73 Å². The molecule has 16 heavy (non-hydrogen) atoms. The van der Waals surface area contributed by atoms with Gasteiger partial charge in [0.25, 0.3) is 0 Å². The minimum Gasteiger partial charge on any atom is -0.307 e. The van der Waals surface area contributed by atoms with Gasteiger partial charge in [-0.25, -0.2) is 0 Å². The lowest BCUT2D eigenvalue weighted by Gasteiger charge is -2.15. The van der Waals surface area contributed by atoms with Crippen LogP contribution in [-0.4, -0.2) is 11.3 Å². The second-order valence-corrected chi connectivity index (χ2v) is 5.28. The predicted octanol–water partition coefficient (Wildman–Crippen LogP) is 2.78. The predicted molar refractivity (Wildman–Crippen MR) is 73.5 cm³/mol. The zero-order valence-electron chi connectivity index (χ0n) is 10.4. The summed E-state index contributed by atoms with van der Waals surface area (Å²) < 4.78 is 0. The Kier molecular flexibility index (Phi) is 5.88. The second kappa shape index (κ2) is 6.94. The van der Waals surface area contributed by atoms with Crippen molar-refractivity contribution in [2.24, 2.45) is 5.73 Å². The van der Waals surface area contributed by atoms with Gasteiger partial charge >= 0.3 is 0 Å². The summed E-state index contributed by atoms with van der Waals surface area (Å²) in [5.74, 6) is 1.11. The lowest BCUT2D eigenvalue weighted by Crippen LogP contribution is -2.34. The molecule has 0 aliphatic carbocycles. The lowest BCUT2D eigenvalue weighted by atomic mass is 10.0. The molecule has 2 nitrogen and oxygen atoms in total. The van der Waals surface area contributed by atoms with E-state index in [0.717, 1.165) is 12.3 Å². The first-order valence-electron chi connectivity index (χ1n) is 5.80. The second-order valence-electron chi connectivity index (χ2n) is 4.03. The molecule has 3 heteroatoms. The Morgan fingerprint density at radius 1 is 1.38 bits per heavy atom. The number of aryl methyl sites for hydroxylation is 1. The maximum atomic E-state index is 5.95. The summed E-state index contributed by atoms with van der Waals surface area (Å²) in [6.07, 6.45) is 1.17. The summed E-state index contributed by atoms with van der Waals surface area (Å²) in [5, 5.41) is 3.34. The topological polar surface area (TPSA) is 38.0 Å². The number of nitrogens with one attached hydrogen (secondary N) is 1.